The van der Waals surface area contributed by atoms with Crippen LogP contribution in [0.3, 0.4) is 0 Å². The van der Waals surface area contributed by atoms with Gasteiger partial charge in [0.2, 0.25) is 0 Å². The number of aromatic nitrogens is 2. The lowest BCUT2D eigenvalue weighted by Gasteiger charge is -1.94. The Morgan fingerprint density at radius 1 is 1.30 bits per heavy atom. The first-order chi connectivity index (χ1) is 4.86. The van der Waals surface area contributed by atoms with Crippen LogP contribution >= 0.6 is 12.6 Å². The Labute approximate surface area is 66.1 Å². The van der Waals surface area contributed by atoms with Crippen LogP contribution in [0.1, 0.15) is 18.3 Å². The van der Waals surface area contributed by atoms with Crippen molar-refractivity contribution in [1.82, 2.24) is 10.2 Å². The van der Waals surface area contributed by atoms with Gasteiger partial charge < -0.3 is 0 Å². The summed E-state index contributed by atoms with van der Waals surface area (Å²) in [7, 11) is 0. The SMILES string of the molecule is CCc1ccc(CS)nn1. The molecule has 0 spiro atoms. The monoisotopic (exact) mass is 154 g/mol. The third-order valence-corrected chi connectivity index (χ3v) is 1.62. The van der Waals surface area contributed by atoms with Crippen molar-refractivity contribution < 1.29 is 0 Å². The Hall–Kier alpha value is -0.570. The lowest BCUT2D eigenvalue weighted by Crippen LogP contribution is -1.93. The van der Waals surface area contributed by atoms with Gasteiger partial charge in [-0.15, -0.1) is 0 Å². The molecule has 0 radical (unpaired) electrons. The van der Waals surface area contributed by atoms with E-state index in [1.165, 1.54) is 0 Å². The van der Waals surface area contributed by atoms with E-state index in [4.69, 9.17) is 0 Å². The van der Waals surface area contributed by atoms with Gasteiger partial charge >= 0.3 is 0 Å². The van der Waals surface area contributed by atoms with Crippen molar-refractivity contribution in [1.29, 1.82) is 0 Å². The minimum atomic E-state index is 0.664. The fourth-order valence-electron chi connectivity index (χ4n) is 0.660. The first-order valence-corrected chi connectivity index (χ1v) is 3.92. The van der Waals surface area contributed by atoms with Crippen LogP contribution < -0.4 is 0 Å². The van der Waals surface area contributed by atoms with Gasteiger partial charge in [0.25, 0.3) is 0 Å². The zero-order chi connectivity index (χ0) is 7.40. The van der Waals surface area contributed by atoms with Gasteiger partial charge in [0.15, 0.2) is 0 Å². The highest BCUT2D eigenvalue weighted by Gasteiger charge is 1.91. The molecule has 0 atom stereocenters. The summed E-state index contributed by atoms with van der Waals surface area (Å²) in [4.78, 5) is 0. The molecule has 1 rings (SSSR count). The molecule has 1 heterocycles. The average molecular weight is 154 g/mol. The third-order valence-electron chi connectivity index (χ3n) is 1.30. The van der Waals surface area contributed by atoms with Crippen molar-refractivity contribution in [2.24, 2.45) is 0 Å². The summed E-state index contributed by atoms with van der Waals surface area (Å²) in [6.07, 6.45) is 0.944. The van der Waals surface area contributed by atoms with Crippen molar-refractivity contribution in [2.75, 3.05) is 0 Å². The van der Waals surface area contributed by atoms with Crippen LogP contribution in [-0.2, 0) is 12.2 Å². The summed E-state index contributed by atoms with van der Waals surface area (Å²) in [6, 6.07) is 3.94. The third kappa shape index (κ3) is 1.70. The van der Waals surface area contributed by atoms with Crippen LogP contribution in [0, 0.1) is 0 Å². The quantitative estimate of drug-likeness (QED) is 0.653. The van der Waals surface area contributed by atoms with Crippen LogP contribution in [0.5, 0.6) is 0 Å². The Morgan fingerprint density at radius 2 is 1.90 bits per heavy atom. The van der Waals surface area contributed by atoms with Crippen molar-refractivity contribution >= 4 is 12.6 Å². The molecular weight excluding hydrogens is 144 g/mol. The van der Waals surface area contributed by atoms with Crippen molar-refractivity contribution in [3.63, 3.8) is 0 Å². The molecule has 0 saturated carbocycles. The number of hydrogen-bond donors (Lipinski definition) is 1. The largest absolute Gasteiger partial charge is 0.173 e. The number of nitrogens with zero attached hydrogens (tertiary/aromatic N) is 2. The molecule has 0 aliphatic carbocycles. The molecule has 10 heavy (non-hydrogen) atoms. The summed E-state index contributed by atoms with van der Waals surface area (Å²) in [5, 5.41) is 7.91. The molecule has 0 fully saturated rings. The predicted octanol–water partition coefficient (Wildman–Crippen LogP) is 1.47. The molecule has 1 aromatic heterocycles. The summed E-state index contributed by atoms with van der Waals surface area (Å²) >= 11 is 4.07. The number of hydrogen-bond acceptors (Lipinski definition) is 3. The highest BCUT2D eigenvalue weighted by Crippen LogP contribution is 1.99. The van der Waals surface area contributed by atoms with Gasteiger partial charge in [0.1, 0.15) is 0 Å². The second kappa shape index (κ2) is 3.56. The first-order valence-electron chi connectivity index (χ1n) is 3.29. The highest BCUT2D eigenvalue weighted by molar-refractivity contribution is 7.79. The van der Waals surface area contributed by atoms with Gasteiger partial charge in [-0.3, -0.25) is 0 Å². The maximum atomic E-state index is 4.07. The molecule has 2 nitrogen and oxygen atoms in total. The molecule has 3 heteroatoms. The van der Waals surface area contributed by atoms with E-state index in [9.17, 15) is 0 Å². The Bertz CT molecular complexity index is 172. The molecule has 0 aliphatic heterocycles. The normalized spacial score (nSPS) is 9.80. The fourth-order valence-corrected chi connectivity index (χ4v) is 0.829. The number of rotatable bonds is 2. The van der Waals surface area contributed by atoms with Crippen LogP contribution in [0.2, 0.25) is 0 Å². The summed E-state index contributed by atoms with van der Waals surface area (Å²) in [5.41, 5.74) is 1.96. The number of thiol groups is 1. The van der Waals surface area contributed by atoms with Crippen molar-refractivity contribution in [2.45, 2.75) is 19.1 Å². The van der Waals surface area contributed by atoms with E-state index < -0.39 is 0 Å². The minimum Gasteiger partial charge on any atom is -0.173 e. The topological polar surface area (TPSA) is 25.8 Å². The summed E-state index contributed by atoms with van der Waals surface area (Å²) < 4.78 is 0. The van der Waals surface area contributed by atoms with Gasteiger partial charge in [-0.1, -0.05) is 6.92 Å². The molecule has 0 saturated heterocycles. The second-order valence-electron chi connectivity index (χ2n) is 2.03. The highest BCUT2D eigenvalue weighted by atomic mass is 32.1. The lowest BCUT2D eigenvalue weighted by atomic mass is 10.3. The molecular formula is C7H10N2S. The fraction of sp³-hybridized carbons (Fsp3) is 0.429. The van der Waals surface area contributed by atoms with E-state index in [1.54, 1.807) is 0 Å². The van der Waals surface area contributed by atoms with Gasteiger partial charge in [-0.25, -0.2) is 0 Å². The van der Waals surface area contributed by atoms with Crippen molar-refractivity contribution in [3.05, 3.63) is 23.5 Å². The Kier molecular flexibility index (Phi) is 2.68. The van der Waals surface area contributed by atoms with E-state index in [0.29, 0.717) is 5.75 Å². The number of aryl methyl sites for hydroxylation is 1. The zero-order valence-electron chi connectivity index (χ0n) is 5.91. The predicted molar refractivity (Wildman–Crippen MR) is 44.1 cm³/mol. The smallest absolute Gasteiger partial charge is 0.0727 e. The first kappa shape index (κ1) is 7.54. The van der Waals surface area contributed by atoms with E-state index in [2.05, 4.69) is 29.7 Å². The van der Waals surface area contributed by atoms with E-state index in [-0.39, 0.29) is 0 Å². The second-order valence-corrected chi connectivity index (χ2v) is 2.34. The lowest BCUT2D eigenvalue weighted by molar-refractivity contribution is 0.889. The molecule has 0 bridgehead atoms. The van der Waals surface area contributed by atoms with Crippen molar-refractivity contribution in [3.8, 4) is 0 Å². The van der Waals surface area contributed by atoms with Gasteiger partial charge in [0.05, 0.1) is 11.4 Å². The molecule has 0 aromatic carbocycles. The van der Waals surface area contributed by atoms with E-state index in [0.717, 1.165) is 17.8 Å². The molecule has 0 aliphatic rings. The maximum Gasteiger partial charge on any atom is 0.0727 e. The Balaban J connectivity index is 2.80. The molecule has 0 unspecified atom stereocenters. The zero-order valence-corrected chi connectivity index (χ0v) is 6.80. The van der Waals surface area contributed by atoms with Gasteiger partial charge in [0, 0.05) is 5.75 Å². The van der Waals surface area contributed by atoms with Crippen LogP contribution in [0.4, 0.5) is 0 Å². The van der Waals surface area contributed by atoms with Crippen LogP contribution in [-0.4, -0.2) is 10.2 Å². The van der Waals surface area contributed by atoms with E-state index >= 15 is 0 Å². The van der Waals surface area contributed by atoms with Gasteiger partial charge in [-0.05, 0) is 18.6 Å². The molecule has 0 N–H and O–H groups in total. The summed E-state index contributed by atoms with van der Waals surface area (Å²) in [6.45, 7) is 2.06. The standard InChI is InChI=1S/C7H10N2S/c1-2-6-3-4-7(5-10)9-8-6/h3-4,10H,2,5H2,1H3. The minimum absolute atomic E-state index is 0.664. The van der Waals surface area contributed by atoms with Crippen LogP contribution in [0.15, 0.2) is 12.1 Å². The summed E-state index contributed by atoms with van der Waals surface area (Å²) in [5.74, 6) is 0.664. The molecule has 54 valence electrons. The Morgan fingerprint density at radius 3 is 2.30 bits per heavy atom. The molecule has 1 aromatic rings. The van der Waals surface area contributed by atoms with Crippen LogP contribution in [0.25, 0.3) is 0 Å². The molecule has 0 amide bonds. The average Bonchev–Trinajstić information content (AvgIpc) is 2.05. The maximum absolute atomic E-state index is 4.07. The van der Waals surface area contributed by atoms with E-state index in [1.807, 2.05) is 12.1 Å². The van der Waals surface area contributed by atoms with Gasteiger partial charge in [-0.2, -0.15) is 22.8 Å².